The van der Waals surface area contributed by atoms with Gasteiger partial charge in [-0.25, -0.2) is 0 Å². The van der Waals surface area contributed by atoms with E-state index in [9.17, 15) is 4.79 Å². The van der Waals surface area contributed by atoms with E-state index in [0.29, 0.717) is 6.54 Å². The number of rotatable bonds is 3. The van der Waals surface area contributed by atoms with E-state index in [-0.39, 0.29) is 13.3 Å². The maximum Gasteiger partial charge on any atom is 0.231 e. The molecule has 3 nitrogen and oxygen atoms in total. The maximum absolute atomic E-state index is 10.1. The summed E-state index contributed by atoms with van der Waals surface area (Å²) in [6.07, 6.45) is 0. The summed E-state index contributed by atoms with van der Waals surface area (Å²) in [5.74, 6) is -0.269. The fourth-order valence-electron chi connectivity index (χ4n) is 0.378. The lowest BCUT2D eigenvalue weighted by atomic mass is 10.5. The standard InChI is InChI=1S/C5H12N2O.C2H6.CH4/c1-3-7(2)4-5(6)8;1-2;/h3-4H2,1-2H3,(H2,6,8);1-2H3;1H4. The van der Waals surface area contributed by atoms with Crippen molar-refractivity contribution < 1.29 is 4.79 Å². The number of likely N-dealkylation sites (N-methyl/N-ethyl adjacent to an activating group) is 1. The Kier molecular flexibility index (Phi) is 18.5. The predicted octanol–water partition coefficient (Wildman–Crippen LogP) is 1.09. The molecule has 1 amide bonds. The SMILES string of the molecule is C.CC.CCN(C)CC(N)=O. The first kappa shape index (κ1) is 16.8. The lowest BCUT2D eigenvalue weighted by Gasteiger charge is -2.08. The Morgan fingerprint density at radius 2 is 1.82 bits per heavy atom. The number of amides is 1. The van der Waals surface area contributed by atoms with Gasteiger partial charge in [-0.15, -0.1) is 0 Å². The van der Waals surface area contributed by atoms with Gasteiger partial charge in [-0.05, 0) is 13.6 Å². The minimum atomic E-state index is -0.269. The molecule has 0 heterocycles. The van der Waals surface area contributed by atoms with Crippen LogP contribution in [0.4, 0.5) is 0 Å². The smallest absolute Gasteiger partial charge is 0.231 e. The molecule has 0 bridgehead atoms. The molecule has 0 unspecified atom stereocenters. The van der Waals surface area contributed by atoms with Crippen LogP contribution < -0.4 is 5.73 Å². The van der Waals surface area contributed by atoms with E-state index in [1.54, 1.807) is 0 Å². The van der Waals surface area contributed by atoms with Gasteiger partial charge in [0.2, 0.25) is 5.91 Å². The van der Waals surface area contributed by atoms with Crippen molar-refractivity contribution in [2.24, 2.45) is 5.73 Å². The summed E-state index contributed by atoms with van der Waals surface area (Å²) in [4.78, 5) is 12.0. The first-order valence-electron chi connectivity index (χ1n) is 3.63. The van der Waals surface area contributed by atoms with Crippen LogP contribution in [0.25, 0.3) is 0 Å². The Hall–Kier alpha value is -0.570. The number of primary amides is 1. The molecule has 0 rings (SSSR count). The summed E-state index contributed by atoms with van der Waals surface area (Å²) < 4.78 is 0. The van der Waals surface area contributed by atoms with Crippen LogP contribution in [-0.4, -0.2) is 30.9 Å². The van der Waals surface area contributed by atoms with Crippen molar-refractivity contribution in [1.29, 1.82) is 0 Å². The molecule has 11 heavy (non-hydrogen) atoms. The molecular weight excluding hydrogens is 140 g/mol. The van der Waals surface area contributed by atoms with Crippen LogP contribution in [0.3, 0.4) is 0 Å². The summed E-state index contributed by atoms with van der Waals surface area (Å²) in [5.41, 5.74) is 4.89. The highest BCUT2D eigenvalue weighted by Crippen LogP contribution is 1.75. The van der Waals surface area contributed by atoms with E-state index in [4.69, 9.17) is 5.73 Å². The zero-order valence-corrected chi connectivity index (χ0v) is 7.35. The topological polar surface area (TPSA) is 46.3 Å². The summed E-state index contributed by atoms with van der Waals surface area (Å²) in [6.45, 7) is 7.20. The normalized spacial score (nSPS) is 7.73. The average molecular weight is 162 g/mol. The van der Waals surface area contributed by atoms with E-state index in [0.717, 1.165) is 6.54 Å². The molecule has 0 radical (unpaired) electrons. The van der Waals surface area contributed by atoms with Gasteiger partial charge in [0, 0.05) is 0 Å². The van der Waals surface area contributed by atoms with Crippen molar-refractivity contribution in [3.8, 4) is 0 Å². The number of carbonyl (C=O) groups excluding carboxylic acids is 1. The molecule has 0 aromatic rings. The Labute approximate surface area is 70.6 Å². The molecule has 0 fully saturated rings. The van der Waals surface area contributed by atoms with E-state index in [2.05, 4.69) is 0 Å². The van der Waals surface area contributed by atoms with Crippen molar-refractivity contribution in [2.75, 3.05) is 20.1 Å². The van der Waals surface area contributed by atoms with Gasteiger partial charge < -0.3 is 5.73 Å². The van der Waals surface area contributed by atoms with E-state index < -0.39 is 0 Å². The molecule has 70 valence electrons. The Morgan fingerprint density at radius 1 is 1.45 bits per heavy atom. The third-order valence-electron chi connectivity index (χ3n) is 0.966. The molecule has 0 aromatic carbocycles. The van der Waals surface area contributed by atoms with Crippen molar-refractivity contribution in [1.82, 2.24) is 4.90 Å². The molecule has 0 aliphatic rings. The second kappa shape index (κ2) is 12.1. The number of nitrogens with two attached hydrogens (primary N) is 1. The van der Waals surface area contributed by atoms with Crippen molar-refractivity contribution in [3.63, 3.8) is 0 Å². The largest absolute Gasteiger partial charge is 0.369 e. The Morgan fingerprint density at radius 3 is 1.91 bits per heavy atom. The van der Waals surface area contributed by atoms with Crippen molar-refractivity contribution in [3.05, 3.63) is 0 Å². The second-order valence-corrected chi connectivity index (χ2v) is 1.80. The summed E-state index contributed by atoms with van der Waals surface area (Å²) in [6, 6.07) is 0. The van der Waals surface area contributed by atoms with Crippen molar-refractivity contribution in [2.45, 2.75) is 28.2 Å². The fourth-order valence-corrected chi connectivity index (χ4v) is 0.378. The lowest BCUT2D eigenvalue weighted by Crippen LogP contribution is -2.30. The zero-order valence-electron chi connectivity index (χ0n) is 7.35. The number of carbonyl (C=O) groups is 1. The van der Waals surface area contributed by atoms with Crippen molar-refractivity contribution >= 4 is 5.91 Å². The van der Waals surface area contributed by atoms with E-state index in [1.165, 1.54) is 0 Å². The minimum Gasteiger partial charge on any atom is -0.369 e. The number of hydrogen-bond acceptors (Lipinski definition) is 2. The highest BCUT2D eigenvalue weighted by Gasteiger charge is 1.96. The van der Waals surface area contributed by atoms with Gasteiger partial charge >= 0.3 is 0 Å². The van der Waals surface area contributed by atoms with Crippen LogP contribution in [-0.2, 0) is 4.79 Å². The van der Waals surface area contributed by atoms with Crippen LogP contribution in [0, 0.1) is 0 Å². The predicted molar refractivity (Wildman–Crippen MR) is 50.4 cm³/mol. The molecule has 0 atom stereocenters. The molecule has 0 aliphatic carbocycles. The lowest BCUT2D eigenvalue weighted by molar-refractivity contribution is -0.118. The van der Waals surface area contributed by atoms with Crippen LogP contribution in [0.1, 0.15) is 28.2 Å². The molecule has 0 aliphatic heterocycles. The van der Waals surface area contributed by atoms with Gasteiger partial charge in [-0.2, -0.15) is 0 Å². The molecule has 3 heteroatoms. The quantitative estimate of drug-likeness (QED) is 0.675. The van der Waals surface area contributed by atoms with Crippen LogP contribution in [0.15, 0.2) is 0 Å². The van der Waals surface area contributed by atoms with Crippen LogP contribution in [0.2, 0.25) is 0 Å². The van der Waals surface area contributed by atoms with Gasteiger partial charge in [-0.3, -0.25) is 9.69 Å². The molecular formula is C8H22N2O. The first-order valence-corrected chi connectivity index (χ1v) is 3.63. The van der Waals surface area contributed by atoms with Crippen LogP contribution in [0.5, 0.6) is 0 Å². The fraction of sp³-hybridized carbons (Fsp3) is 0.875. The van der Waals surface area contributed by atoms with E-state index >= 15 is 0 Å². The Balaban J connectivity index is -0.000000196. The minimum absolute atomic E-state index is 0. The molecule has 0 saturated carbocycles. The highest BCUT2D eigenvalue weighted by atomic mass is 16.1. The second-order valence-electron chi connectivity index (χ2n) is 1.80. The Bertz CT molecular complexity index is 84.2. The molecule has 2 N–H and O–H groups in total. The van der Waals surface area contributed by atoms with E-state index in [1.807, 2.05) is 32.7 Å². The molecule has 0 saturated heterocycles. The monoisotopic (exact) mass is 162 g/mol. The third kappa shape index (κ3) is 17.7. The average Bonchev–Trinajstić information content (AvgIpc) is 1.91. The molecule has 0 aromatic heterocycles. The van der Waals surface area contributed by atoms with Gasteiger partial charge in [0.15, 0.2) is 0 Å². The summed E-state index contributed by atoms with van der Waals surface area (Å²) >= 11 is 0. The zero-order chi connectivity index (χ0) is 8.57. The number of nitrogens with zero attached hydrogens (tertiary/aromatic N) is 1. The molecule has 0 spiro atoms. The first-order chi connectivity index (χ1) is 4.66. The number of hydrogen-bond donors (Lipinski definition) is 1. The summed E-state index contributed by atoms with van der Waals surface area (Å²) in [5, 5.41) is 0. The van der Waals surface area contributed by atoms with Crippen LogP contribution >= 0.6 is 0 Å². The van der Waals surface area contributed by atoms with Gasteiger partial charge in [0.1, 0.15) is 0 Å². The maximum atomic E-state index is 10.1. The highest BCUT2D eigenvalue weighted by molar-refractivity contribution is 5.75. The summed E-state index contributed by atoms with van der Waals surface area (Å²) in [7, 11) is 1.85. The third-order valence-corrected chi connectivity index (χ3v) is 0.966. The van der Waals surface area contributed by atoms with Gasteiger partial charge in [-0.1, -0.05) is 28.2 Å². The van der Waals surface area contributed by atoms with Gasteiger partial charge in [0.25, 0.3) is 0 Å². The van der Waals surface area contributed by atoms with Gasteiger partial charge in [0.05, 0.1) is 6.54 Å².